The van der Waals surface area contributed by atoms with E-state index in [1.807, 2.05) is 0 Å². The van der Waals surface area contributed by atoms with E-state index in [2.05, 4.69) is 15.0 Å². The van der Waals surface area contributed by atoms with E-state index in [4.69, 9.17) is 16.2 Å². The summed E-state index contributed by atoms with van der Waals surface area (Å²) in [7, 11) is -6.06. The number of fused-ring (bicyclic) bond motifs is 1. The summed E-state index contributed by atoms with van der Waals surface area (Å²) in [6.07, 6.45) is -14.6. The Morgan fingerprint density at radius 1 is 1.10 bits per heavy atom. The van der Waals surface area contributed by atoms with Crippen molar-refractivity contribution in [3.05, 3.63) is 6.33 Å². The number of imidazole rings is 1. The number of nitrogen functional groups attached to an aromatic ring is 2. The molecule has 0 atom stereocenters. The molecule has 6 N–H and O–H groups in total. The van der Waals surface area contributed by atoms with E-state index in [0.717, 1.165) is 6.33 Å². The number of aromatic nitrogens is 4. The minimum atomic E-state index is -6.06. The van der Waals surface area contributed by atoms with Crippen LogP contribution in [0.1, 0.15) is 25.7 Å². The van der Waals surface area contributed by atoms with Gasteiger partial charge in [0.2, 0.25) is 5.95 Å². The highest BCUT2D eigenvalue weighted by molar-refractivity contribution is 7.53. The molecule has 174 valence electrons. The van der Waals surface area contributed by atoms with E-state index >= 15 is 0 Å². The van der Waals surface area contributed by atoms with Crippen LogP contribution < -0.4 is 11.5 Å². The first kappa shape index (κ1) is 23.5. The summed E-state index contributed by atoms with van der Waals surface area (Å²) in [5, 5.41) is -3.84. The highest BCUT2D eigenvalue weighted by Crippen LogP contribution is 2.63. The number of halogens is 6. The zero-order valence-corrected chi connectivity index (χ0v) is 16.4. The molecule has 1 fully saturated rings. The Bertz CT molecular complexity index is 1010. The molecular formula is C14H17F6N6O4P. The summed E-state index contributed by atoms with van der Waals surface area (Å²) in [5.74, 6) is -0.359. The van der Waals surface area contributed by atoms with Gasteiger partial charge in [0.25, 0.3) is 0 Å². The lowest BCUT2D eigenvalue weighted by atomic mass is 10.1. The number of nitrogens with zero attached hydrogens (tertiary/aromatic N) is 4. The largest absolute Gasteiger partial charge is 0.392 e. The van der Waals surface area contributed by atoms with E-state index in [9.17, 15) is 40.7 Å². The normalized spacial score (nSPS) is 17.3. The molecule has 0 spiro atoms. The highest BCUT2D eigenvalue weighted by atomic mass is 31.2. The van der Waals surface area contributed by atoms with Crippen molar-refractivity contribution in [2.75, 3.05) is 11.5 Å². The smallest absolute Gasteiger partial charge is 0.382 e. The van der Waals surface area contributed by atoms with Crippen LogP contribution in [0, 0.1) is 0 Å². The Kier molecular flexibility index (Phi) is 5.45. The number of nitrogens with two attached hydrogens (primary N) is 2. The molecule has 2 aromatic heterocycles. The lowest BCUT2D eigenvalue weighted by Crippen LogP contribution is -2.46. The van der Waals surface area contributed by atoms with Crippen molar-refractivity contribution < 1.29 is 45.4 Å². The fraction of sp³-hybridized carbons (Fsp3) is 0.643. The van der Waals surface area contributed by atoms with Crippen LogP contribution in [0.3, 0.4) is 0 Å². The second kappa shape index (κ2) is 7.18. The van der Waals surface area contributed by atoms with Crippen molar-refractivity contribution in [3.63, 3.8) is 0 Å². The topological polar surface area (TPSA) is 162 Å². The minimum absolute atomic E-state index is 0.0355. The molecule has 0 saturated heterocycles. The molecule has 3 rings (SSSR count). The Morgan fingerprint density at radius 2 is 1.65 bits per heavy atom. The van der Waals surface area contributed by atoms with Crippen molar-refractivity contribution in [2.45, 2.75) is 55.5 Å². The molecule has 1 saturated carbocycles. The molecular weight excluding hydrogens is 461 g/mol. The molecule has 0 radical (unpaired) electrons. The maximum absolute atomic E-state index is 13.1. The quantitative estimate of drug-likeness (QED) is 0.346. The average Bonchev–Trinajstić information content (AvgIpc) is 3.14. The third-order valence-corrected chi connectivity index (χ3v) is 6.13. The summed E-state index contributed by atoms with van der Waals surface area (Å²) in [4.78, 5) is 30.6. The first-order valence-corrected chi connectivity index (χ1v) is 10.2. The van der Waals surface area contributed by atoms with E-state index in [1.165, 1.54) is 4.57 Å². The second-order valence-electron chi connectivity index (χ2n) is 7.37. The predicted molar refractivity (Wildman–Crippen MR) is 93.3 cm³/mol. The van der Waals surface area contributed by atoms with Gasteiger partial charge in [-0.15, -0.1) is 0 Å². The van der Waals surface area contributed by atoms with E-state index < -0.39 is 50.3 Å². The SMILES string of the molecule is Nc1nc(N)c2ncn(CC3(OC(CC(F)(F)F)(CC(F)(F)F)P(=O)(O)O)CC3)c2n1. The molecule has 31 heavy (non-hydrogen) atoms. The van der Waals surface area contributed by atoms with Crippen molar-refractivity contribution in [1.82, 2.24) is 19.5 Å². The average molecular weight is 478 g/mol. The summed E-state index contributed by atoms with van der Waals surface area (Å²) in [6, 6.07) is 0. The highest BCUT2D eigenvalue weighted by Gasteiger charge is 2.64. The maximum Gasteiger partial charge on any atom is 0.392 e. The van der Waals surface area contributed by atoms with Crippen LogP contribution in [0.5, 0.6) is 0 Å². The van der Waals surface area contributed by atoms with Gasteiger partial charge in [-0.25, -0.2) is 4.98 Å². The van der Waals surface area contributed by atoms with Gasteiger partial charge in [-0.1, -0.05) is 0 Å². The first-order chi connectivity index (χ1) is 13.9. The van der Waals surface area contributed by atoms with E-state index in [0.29, 0.717) is 0 Å². The molecule has 0 amide bonds. The van der Waals surface area contributed by atoms with Gasteiger partial charge in [0.1, 0.15) is 5.52 Å². The molecule has 0 unspecified atom stereocenters. The van der Waals surface area contributed by atoms with Gasteiger partial charge in [0.15, 0.2) is 16.8 Å². The Hall–Kier alpha value is -2.16. The number of hydrogen-bond acceptors (Lipinski definition) is 7. The standard InChI is InChI=1S/C14H17F6N6O4P/c15-13(16,17)3-12(31(27,28)29,4-14(18,19)20)30-11(1-2-11)5-26-6-23-7-8(21)24-10(22)25-9(7)26/h6H,1-5H2,(H2,27,28,29)(H4,21,22,24,25). The first-order valence-electron chi connectivity index (χ1n) is 8.57. The Morgan fingerprint density at radius 3 is 2.10 bits per heavy atom. The van der Waals surface area contributed by atoms with Crippen LogP contribution in [-0.4, -0.2) is 52.6 Å². The second-order valence-corrected chi connectivity index (χ2v) is 9.27. The van der Waals surface area contributed by atoms with Gasteiger partial charge in [0, 0.05) is 0 Å². The molecule has 1 aliphatic carbocycles. The molecule has 0 bridgehead atoms. The molecule has 1 aliphatic rings. The molecule has 0 aliphatic heterocycles. The zero-order chi connectivity index (χ0) is 23.5. The summed E-state index contributed by atoms with van der Waals surface area (Å²) in [6.45, 7) is -0.392. The van der Waals surface area contributed by atoms with Crippen molar-refractivity contribution in [2.24, 2.45) is 0 Å². The fourth-order valence-corrected chi connectivity index (χ4v) is 4.35. The monoisotopic (exact) mass is 478 g/mol. The zero-order valence-electron chi connectivity index (χ0n) is 15.5. The third-order valence-electron chi connectivity index (χ3n) is 4.67. The summed E-state index contributed by atoms with van der Waals surface area (Å²) >= 11 is 0. The minimum Gasteiger partial charge on any atom is -0.382 e. The van der Waals surface area contributed by atoms with E-state index in [-0.39, 0.29) is 35.8 Å². The van der Waals surface area contributed by atoms with Gasteiger partial charge in [-0.3, -0.25) is 4.57 Å². The van der Waals surface area contributed by atoms with Crippen LogP contribution in [0.2, 0.25) is 0 Å². The van der Waals surface area contributed by atoms with Crippen LogP contribution in [-0.2, 0) is 15.8 Å². The number of hydrogen-bond donors (Lipinski definition) is 4. The van der Waals surface area contributed by atoms with Gasteiger partial charge < -0.3 is 30.6 Å². The predicted octanol–water partition coefficient (Wildman–Crippen LogP) is 2.32. The molecule has 17 heteroatoms. The van der Waals surface area contributed by atoms with Gasteiger partial charge in [-0.05, 0) is 12.8 Å². The molecule has 2 aromatic rings. The number of alkyl halides is 6. The lowest BCUT2D eigenvalue weighted by molar-refractivity contribution is -0.225. The number of anilines is 2. The molecule has 0 aromatic carbocycles. The summed E-state index contributed by atoms with van der Waals surface area (Å²) in [5.41, 5.74) is 9.55. The third kappa shape index (κ3) is 5.19. The lowest BCUT2D eigenvalue weighted by Gasteiger charge is -2.38. The number of ether oxygens (including phenoxy) is 1. The maximum atomic E-state index is 13.1. The van der Waals surface area contributed by atoms with Crippen LogP contribution >= 0.6 is 7.60 Å². The van der Waals surface area contributed by atoms with Crippen molar-refractivity contribution >= 4 is 30.5 Å². The van der Waals surface area contributed by atoms with Gasteiger partial charge >= 0.3 is 19.9 Å². The Balaban J connectivity index is 2.00. The van der Waals surface area contributed by atoms with Crippen LogP contribution in [0.15, 0.2) is 6.33 Å². The summed E-state index contributed by atoms with van der Waals surface area (Å²) < 4.78 is 96.7. The molecule has 10 nitrogen and oxygen atoms in total. The fourth-order valence-electron chi connectivity index (χ4n) is 3.27. The van der Waals surface area contributed by atoms with Crippen LogP contribution in [0.4, 0.5) is 38.1 Å². The van der Waals surface area contributed by atoms with Gasteiger partial charge in [-0.2, -0.15) is 36.3 Å². The van der Waals surface area contributed by atoms with E-state index in [1.54, 1.807) is 0 Å². The van der Waals surface area contributed by atoms with Gasteiger partial charge in [0.05, 0.1) is 31.3 Å². The molecule has 2 heterocycles. The van der Waals surface area contributed by atoms with Crippen LogP contribution in [0.25, 0.3) is 11.2 Å². The Labute approximate surface area is 169 Å². The number of rotatable bonds is 7. The van der Waals surface area contributed by atoms with Crippen molar-refractivity contribution in [3.8, 4) is 0 Å². The van der Waals surface area contributed by atoms with Crippen molar-refractivity contribution in [1.29, 1.82) is 0 Å².